The van der Waals surface area contributed by atoms with E-state index >= 15 is 0 Å². The van der Waals surface area contributed by atoms with Crippen molar-refractivity contribution in [1.82, 2.24) is 0 Å². The van der Waals surface area contributed by atoms with Gasteiger partial charge in [-0.15, -0.1) is 0 Å². The Balaban J connectivity index is 0. The van der Waals surface area contributed by atoms with Gasteiger partial charge in [0.25, 0.3) is 0 Å². The Morgan fingerprint density at radius 2 is 0.890 bits per heavy atom. The van der Waals surface area contributed by atoms with Gasteiger partial charge in [0.15, 0.2) is 25.0 Å². The number of rotatable bonds is 14. The van der Waals surface area contributed by atoms with E-state index in [0.29, 0.717) is 0 Å². The first-order valence-electron chi connectivity index (χ1n) is 26.2. The fourth-order valence-corrected chi connectivity index (χ4v) is 13.4. The summed E-state index contributed by atoms with van der Waals surface area (Å²) in [6, 6.07) is 0. The minimum Gasteiger partial charge on any atom is -0.408 e. The Morgan fingerprint density at radius 3 is 1.27 bits per heavy atom. The molecule has 0 unspecified atom stereocenters. The van der Waals surface area contributed by atoms with E-state index in [-0.39, 0.29) is 97.2 Å². The summed E-state index contributed by atoms with van der Waals surface area (Å²) in [6.07, 6.45) is 4.65. The lowest BCUT2D eigenvalue weighted by Crippen LogP contribution is -2.69. The molecule has 0 radical (unpaired) electrons. The summed E-state index contributed by atoms with van der Waals surface area (Å²) < 4.78 is 48.2. The van der Waals surface area contributed by atoms with Crippen molar-refractivity contribution in [3.05, 3.63) is 23.6 Å². The van der Waals surface area contributed by atoms with Crippen molar-refractivity contribution >= 4 is 53.4 Å². The van der Waals surface area contributed by atoms with Crippen LogP contribution in [0.3, 0.4) is 0 Å². The van der Waals surface area contributed by atoms with Gasteiger partial charge in [0.05, 0.1) is 46.7 Å². The maximum Gasteiger partial charge on any atom is 0.373 e. The Labute approximate surface area is 450 Å². The summed E-state index contributed by atoms with van der Waals surface area (Å²) in [5.41, 5.74) is 4.47. The summed E-state index contributed by atoms with van der Waals surface area (Å²) in [7, 11) is -9.54. The van der Waals surface area contributed by atoms with Crippen LogP contribution < -0.4 is 0 Å². The van der Waals surface area contributed by atoms with Crippen molar-refractivity contribution in [3.8, 4) is 0 Å². The molecule has 0 aromatic heterocycles. The molecular formula is C54H110O14Si5. The lowest BCUT2D eigenvalue weighted by Gasteiger charge is -2.56. The second kappa shape index (κ2) is 29.8. The molecule has 0 bridgehead atoms. The highest BCUT2D eigenvalue weighted by Crippen LogP contribution is 2.47. The third-order valence-corrected chi connectivity index (χ3v) is 31.3. The number of ether oxygens (including phenoxy) is 4. The van der Waals surface area contributed by atoms with E-state index < -0.39 is 71.6 Å². The van der Waals surface area contributed by atoms with Crippen LogP contribution in [0, 0.1) is 0 Å². The van der Waals surface area contributed by atoms with Crippen molar-refractivity contribution in [3.63, 3.8) is 0 Å². The maximum absolute atomic E-state index is 10.4. The minimum absolute atomic E-state index is 0. The minimum atomic E-state index is -2.24. The molecule has 14 atom stereocenters. The lowest BCUT2D eigenvalue weighted by atomic mass is 9.87. The van der Waals surface area contributed by atoms with Gasteiger partial charge in [-0.3, -0.25) is 0 Å². The Kier molecular flexibility index (Phi) is 30.2. The SMILES string of the molecule is C.C.CC[C@H]1CC[C@@H]2O[C@@H]([C@@H](O)/C=C/[Si](C)(C)C)[C@@H](O)[C@@H](O)[C@H]2O1.CC[C@H]1CC[C@@H]2O[C@@H]([C@H](/C=C/[Si](C)(C)C)O[Si](C)(C)C(C)(C)C)[C@@H](O[Si](C)(C)C(C)(C)C)[C@@H](O[Si](C)(C)C(C)(C)C)[C@H]2O1.O=C=O.O=C=O. The van der Waals surface area contributed by atoms with Crippen LogP contribution in [0.15, 0.2) is 23.6 Å². The number of fused-ring (bicyclic) bond motifs is 2. The lowest BCUT2D eigenvalue weighted by molar-refractivity contribution is -0.274. The van der Waals surface area contributed by atoms with Crippen LogP contribution in [-0.2, 0) is 51.4 Å². The summed E-state index contributed by atoms with van der Waals surface area (Å²) in [5, 5.41) is 31.1. The van der Waals surface area contributed by atoms with Crippen LogP contribution >= 0.6 is 0 Å². The molecular weight excluding hydrogens is 1010 g/mol. The van der Waals surface area contributed by atoms with E-state index in [1.54, 1.807) is 6.08 Å². The zero-order chi connectivity index (χ0) is 55.5. The Morgan fingerprint density at radius 1 is 0.534 bits per heavy atom. The fraction of sp³-hybridized carbons (Fsp3) is 0.889. The van der Waals surface area contributed by atoms with Crippen LogP contribution in [0.4, 0.5) is 0 Å². The second-order valence-electron chi connectivity index (χ2n) is 26.8. The van der Waals surface area contributed by atoms with Crippen molar-refractivity contribution in [2.75, 3.05) is 0 Å². The molecule has 430 valence electrons. The maximum atomic E-state index is 10.4. The molecule has 3 N–H and O–H groups in total. The largest absolute Gasteiger partial charge is 0.408 e. The van der Waals surface area contributed by atoms with Gasteiger partial charge in [-0.1, -0.05) is 154 Å². The van der Waals surface area contributed by atoms with Crippen molar-refractivity contribution in [1.29, 1.82) is 0 Å². The number of hydrogen-bond donors (Lipinski definition) is 3. The summed E-state index contributed by atoms with van der Waals surface area (Å²) in [4.78, 5) is 32.5. The van der Waals surface area contributed by atoms with E-state index in [0.717, 1.165) is 38.5 Å². The third-order valence-electron chi connectivity index (χ3n) is 15.5. The van der Waals surface area contributed by atoms with Crippen molar-refractivity contribution in [2.45, 2.75) is 309 Å². The highest BCUT2D eigenvalue weighted by atomic mass is 28.4. The van der Waals surface area contributed by atoms with Crippen LogP contribution in [0.2, 0.25) is 93.7 Å². The molecule has 4 heterocycles. The van der Waals surface area contributed by atoms with E-state index in [2.05, 4.69) is 160 Å². The molecule has 4 rings (SSSR count). The molecule has 0 saturated carbocycles. The fourth-order valence-electron chi connectivity index (χ4n) is 8.05. The van der Waals surface area contributed by atoms with Crippen LogP contribution in [-0.4, -0.2) is 154 Å². The predicted octanol–water partition coefficient (Wildman–Crippen LogP) is 11.6. The first kappa shape index (κ1) is 74.0. The second-order valence-corrected chi connectivity index (χ2v) is 51.2. The molecule has 0 aliphatic carbocycles. The van der Waals surface area contributed by atoms with Gasteiger partial charge in [0.2, 0.25) is 0 Å². The van der Waals surface area contributed by atoms with Gasteiger partial charge in [0, 0.05) is 0 Å². The van der Waals surface area contributed by atoms with Gasteiger partial charge in [-0.2, -0.15) is 19.2 Å². The first-order chi connectivity index (χ1) is 32.1. The molecule has 14 nitrogen and oxygen atoms in total. The average Bonchev–Trinajstić information content (AvgIpc) is 3.22. The van der Waals surface area contributed by atoms with Crippen LogP contribution in [0.1, 0.15) is 130 Å². The summed E-state index contributed by atoms with van der Waals surface area (Å²) in [5.74, 6) is 0. The highest BCUT2D eigenvalue weighted by molar-refractivity contribution is 6.81. The molecule has 4 aliphatic rings. The zero-order valence-corrected chi connectivity index (χ0v) is 53.5. The topological polar surface area (TPSA) is 194 Å². The molecule has 4 saturated heterocycles. The molecule has 0 aromatic carbocycles. The van der Waals surface area contributed by atoms with E-state index in [1.165, 1.54) is 0 Å². The van der Waals surface area contributed by atoms with Crippen molar-refractivity contribution < 1.29 is 66.7 Å². The van der Waals surface area contributed by atoms with E-state index in [4.69, 9.17) is 51.4 Å². The highest BCUT2D eigenvalue weighted by Gasteiger charge is 2.58. The molecule has 4 fully saturated rings. The molecule has 0 amide bonds. The average molecular weight is 1120 g/mol. The standard InChI is InChI=1S/C34H72O5Si4.C16H30O5Si.2CO2.2CH4/c1-20-25-21-22-26-28(35-25)30(38-42(16,17)33(5,6)7)31(39-43(18,19)34(8,9)10)29(36-26)27(23-24-40(11,12)13)37-41(14,15)32(2,3)4;1-5-10-6-7-12-16(20-10)14(19)13(18)15(21-12)11(17)8-9-22(2,3)4;2*2-1-3;;/h23-31H,20-22H2,1-19H3;8-19H,5-7H2,1-4H3;;;2*1H4/b24-23+;9-8+;;;;/t25-,26-,27-,28-,29-,30-,31+;10-,11-,12-,13-,14+,15-,16-;;;;/m00..../s1. The van der Waals surface area contributed by atoms with Gasteiger partial charge >= 0.3 is 12.3 Å². The molecule has 73 heavy (non-hydrogen) atoms. The molecule has 4 aliphatic heterocycles. The van der Waals surface area contributed by atoms with E-state index in [9.17, 15) is 15.3 Å². The van der Waals surface area contributed by atoms with Gasteiger partial charge in [-0.05, 0) is 92.9 Å². The monoisotopic (exact) mass is 1120 g/mol. The van der Waals surface area contributed by atoms with E-state index in [1.807, 2.05) is 12.6 Å². The zero-order valence-electron chi connectivity index (χ0n) is 48.5. The number of aliphatic hydroxyl groups excluding tert-OH is 3. The number of hydrogen-bond acceptors (Lipinski definition) is 14. The Bertz CT molecular complexity index is 1720. The van der Waals surface area contributed by atoms with Crippen LogP contribution in [0.25, 0.3) is 0 Å². The quantitative estimate of drug-likeness (QED) is 0.139. The van der Waals surface area contributed by atoms with Crippen molar-refractivity contribution in [2.24, 2.45) is 0 Å². The number of carbonyl (C=O) groups excluding carboxylic acids is 4. The summed E-state index contributed by atoms with van der Waals surface area (Å²) in [6.45, 7) is 53.0. The van der Waals surface area contributed by atoms with Gasteiger partial charge < -0.3 is 47.5 Å². The normalized spacial score (nSPS) is 30.1. The molecule has 19 heteroatoms. The number of aliphatic hydroxyl groups is 3. The Hall–Kier alpha value is -1.08. The predicted molar refractivity (Wildman–Crippen MR) is 306 cm³/mol. The first-order valence-corrected chi connectivity index (χ1v) is 42.0. The van der Waals surface area contributed by atoms with Crippen LogP contribution in [0.5, 0.6) is 0 Å². The third kappa shape index (κ3) is 22.3. The smallest absolute Gasteiger partial charge is 0.373 e. The molecule has 0 aromatic rings. The molecule has 0 spiro atoms. The summed E-state index contributed by atoms with van der Waals surface area (Å²) >= 11 is 0. The van der Waals surface area contributed by atoms with Gasteiger partial charge in [0.1, 0.15) is 54.9 Å². The van der Waals surface area contributed by atoms with Gasteiger partial charge in [-0.25, -0.2) is 0 Å².